The zero-order valence-electron chi connectivity index (χ0n) is 19.1. The molecule has 0 saturated heterocycles. The van der Waals surface area contributed by atoms with Crippen LogP contribution in [0.25, 0.3) is 0 Å². The Kier molecular flexibility index (Phi) is 9.44. The minimum atomic E-state index is -0.324. The molecule has 0 fully saturated rings. The summed E-state index contributed by atoms with van der Waals surface area (Å²) in [5.41, 5.74) is 2.23. The molecule has 9 heteroatoms. The van der Waals surface area contributed by atoms with Gasteiger partial charge in [0.25, 0.3) is 0 Å². The number of ether oxygens (including phenoxy) is 2. The normalized spacial score (nSPS) is 11.3. The third-order valence-electron chi connectivity index (χ3n) is 4.80. The van der Waals surface area contributed by atoms with E-state index in [0.29, 0.717) is 33.7 Å². The minimum absolute atomic E-state index is 0.147. The maximum atomic E-state index is 13.0. The lowest BCUT2D eigenvalue weighted by Crippen LogP contribution is -2.25. The molecule has 0 aromatic heterocycles. The van der Waals surface area contributed by atoms with E-state index >= 15 is 0 Å². The van der Waals surface area contributed by atoms with Gasteiger partial charge in [-0.1, -0.05) is 42.8 Å². The van der Waals surface area contributed by atoms with Crippen molar-refractivity contribution >= 4 is 63.7 Å². The van der Waals surface area contributed by atoms with Crippen LogP contribution in [0.4, 0.5) is 17.1 Å². The molecule has 3 rings (SSSR count). The van der Waals surface area contributed by atoms with Crippen molar-refractivity contribution in [2.75, 3.05) is 30.2 Å². The summed E-state index contributed by atoms with van der Waals surface area (Å²) in [7, 11) is 3.05. The van der Waals surface area contributed by atoms with Crippen LogP contribution in [-0.4, -0.2) is 30.5 Å². The average Bonchev–Trinajstić information content (AvgIpc) is 2.83. The van der Waals surface area contributed by atoms with Gasteiger partial charge in [0.2, 0.25) is 5.91 Å². The largest absolute Gasteiger partial charge is 0.495 e. The van der Waals surface area contributed by atoms with Crippen molar-refractivity contribution in [3.8, 4) is 11.5 Å². The van der Waals surface area contributed by atoms with Crippen molar-refractivity contribution in [3.63, 3.8) is 0 Å². The number of benzene rings is 3. The van der Waals surface area contributed by atoms with Gasteiger partial charge in [0.15, 0.2) is 5.11 Å². The number of carbonyl (C=O) groups excluding carboxylic acids is 1. The topological polar surface area (TPSA) is 71.6 Å². The molecular weight excluding hydrogens is 490 g/mol. The number of rotatable bonds is 9. The van der Waals surface area contributed by atoms with E-state index < -0.39 is 0 Å². The minimum Gasteiger partial charge on any atom is -0.495 e. The highest BCUT2D eigenvalue weighted by Gasteiger charge is 2.21. The molecule has 1 amide bonds. The van der Waals surface area contributed by atoms with Crippen LogP contribution in [0.1, 0.15) is 13.3 Å². The highest BCUT2D eigenvalue weighted by molar-refractivity contribution is 8.00. The van der Waals surface area contributed by atoms with Gasteiger partial charge in [0, 0.05) is 22.3 Å². The maximum Gasteiger partial charge on any atom is 0.237 e. The van der Waals surface area contributed by atoms with Crippen LogP contribution in [0.2, 0.25) is 5.02 Å². The summed E-state index contributed by atoms with van der Waals surface area (Å²) >= 11 is 13.1. The van der Waals surface area contributed by atoms with E-state index in [0.717, 1.165) is 16.3 Å². The van der Waals surface area contributed by atoms with Crippen molar-refractivity contribution in [2.45, 2.75) is 23.5 Å². The molecule has 0 bridgehead atoms. The second-order valence-corrected chi connectivity index (χ2v) is 9.26. The number of thiocarbonyl (C=S) groups is 1. The predicted molar refractivity (Wildman–Crippen MR) is 146 cm³/mol. The Balaban J connectivity index is 1.66. The van der Waals surface area contributed by atoms with Gasteiger partial charge >= 0.3 is 0 Å². The molecule has 1 atom stereocenters. The summed E-state index contributed by atoms with van der Waals surface area (Å²) in [4.78, 5) is 14.0. The zero-order chi connectivity index (χ0) is 24.5. The Hall–Kier alpha value is -2.94. The molecule has 0 saturated carbocycles. The molecule has 0 aliphatic rings. The molecule has 0 spiro atoms. The van der Waals surface area contributed by atoms with Crippen molar-refractivity contribution in [1.82, 2.24) is 0 Å². The van der Waals surface area contributed by atoms with Crippen LogP contribution >= 0.6 is 35.6 Å². The molecule has 0 aliphatic heterocycles. The second-order valence-electron chi connectivity index (χ2n) is 7.16. The summed E-state index contributed by atoms with van der Waals surface area (Å²) < 4.78 is 10.6. The fraction of sp³-hybridized carbons (Fsp3) is 0.200. The Morgan fingerprint density at radius 3 is 2.29 bits per heavy atom. The fourth-order valence-electron chi connectivity index (χ4n) is 3.12. The van der Waals surface area contributed by atoms with Crippen LogP contribution in [0.3, 0.4) is 0 Å². The molecule has 1 unspecified atom stereocenters. The summed E-state index contributed by atoms with van der Waals surface area (Å²) in [5.74, 6) is 0.800. The standard InChI is InChI=1S/C25H26ClN3O3S2/c1-4-23(24(30)29-20-14-19(26)21(31-2)15-22(20)32-3)34-18-12-8-11-17(13-18)28-25(33)27-16-9-6-5-7-10-16/h5-15,23H,4H2,1-3H3,(H,29,30)(H2,27,28,33). The number of nitrogens with one attached hydrogen (secondary N) is 3. The molecule has 0 heterocycles. The van der Waals surface area contributed by atoms with E-state index in [-0.39, 0.29) is 11.2 Å². The predicted octanol–water partition coefficient (Wildman–Crippen LogP) is 6.68. The summed E-state index contributed by atoms with van der Waals surface area (Å²) in [5, 5.41) is 9.81. The summed E-state index contributed by atoms with van der Waals surface area (Å²) in [6.07, 6.45) is 0.633. The highest BCUT2D eigenvalue weighted by Crippen LogP contribution is 2.37. The van der Waals surface area contributed by atoms with Gasteiger partial charge in [0.05, 0.1) is 30.2 Å². The van der Waals surface area contributed by atoms with Crippen LogP contribution in [0, 0.1) is 0 Å². The summed E-state index contributed by atoms with van der Waals surface area (Å²) in [6.45, 7) is 1.97. The van der Waals surface area contributed by atoms with Gasteiger partial charge in [-0.2, -0.15) is 0 Å². The molecule has 3 N–H and O–H groups in total. The van der Waals surface area contributed by atoms with Crippen LogP contribution in [-0.2, 0) is 4.79 Å². The highest BCUT2D eigenvalue weighted by atomic mass is 35.5. The number of methoxy groups -OCH3 is 2. The molecule has 0 aliphatic carbocycles. The Labute approximate surface area is 214 Å². The van der Waals surface area contributed by atoms with E-state index in [4.69, 9.17) is 33.3 Å². The fourth-order valence-corrected chi connectivity index (χ4v) is 4.61. The van der Waals surface area contributed by atoms with Gasteiger partial charge in [-0.05, 0) is 55.0 Å². The molecule has 3 aromatic carbocycles. The Morgan fingerprint density at radius 1 is 0.941 bits per heavy atom. The smallest absolute Gasteiger partial charge is 0.237 e. The van der Waals surface area contributed by atoms with Gasteiger partial charge in [-0.15, -0.1) is 11.8 Å². The lowest BCUT2D eigenvalue weighted by molar-refractivity contribution is -0.115. The van der Waals surface area contributed by atoms with E-state index in [1.165, 1.54) is 26.0 Å². The molecule has 0 radical (unpaired) electrons. The number of hydrogen-bond acceptors (Lipinski definition) is 5. The number of halogens is 1. The van der Waals surface area contributed by atoms with Crippen molar-refractivity contribution < 1.29 is 14.3 Å². The SMILES string of the molecule is CCC(Sc1cccc(NC(=S)Nc2ccccc2)c1)C(=O)Nc1cc(Cl)c(OC)cc1OC. The molecular formula is C25H26ClN3O3S2. The lowest BCUT2D eigenvalue weighted by atomic mass is 10.2. The van der Waals surface area contributed by atoms with Crippen molar-refractivity contribution in [3.05, 3.63) is 71.8 Å². The molecule has 178 valence electrons. The van der Waals surface area contributed by atoms with Crippen LogP contribution in [0.15, 0.2) is 71.6 Å². The first kappa shape index (κ1) is 25.7. The first-order valence-electron chi connectivity index (χ1n) is 10.6. The third kappa shape index (κ3) is 7.03. The van der Waals surface area contributed by atoms with Gasteiger partial charge in [-0.3, -0.25) is 4.79 Å². The molecule has 6 nitrogen and oxygen atoms in total. The number of amides is 1. The van der Waals surface area contributed by atoms with E-state index in [9.17, 15) is 4.79 Å². The summed E-state index contributed by atoms with van der Waals surface area (Å²) in [6, 6.07) is 20.7. The Bertz CT molecular complexity index is 1150. The molecule has 3 aromatic rings. The van der Waals surface area contributed by atoms with E-state index in [2.05, 4.69) is 16.0 Å². The average molecular weight is 516 g/mol. The number of anilines is 3. The van der Waals surface area contributed by atoms with Gasteiger partial charge in [0.1, 0.15) is 11.5 Å². The van der Waals surface area contributed by atoms with Gasteiger partial charge in [-0.25, -0.2) is 0 Å². The van der Waals surface area contributed by atoms with Crippen molar-refractivity contribution in [1.29, 1.82) is 0 Å². The Morgan fingerprint density at radius 2 is 1.62 bits per heavy atom. The first-order valence-corrected chi connectivity index (χ1v) is 12.2. The van der Waals surface area contributed by atoms with Gasteiger partial charge < -0.3 is 25.4 Å². The number of para-hydroxylation sites is 1. The maximum absolute atomic E-state index is 13.0. The third-order valence-corrected chi connectivity index (χ3v) is 6.65. The number of thioether (sulfide) groups is 1. The van der Waals surface area contributed by atoms with Crippen LogP contribution < -0.4 is 25.4 Å². The second kappa shape index (κ2) is 12.5. The first-order chi connectivity index (χ1) is 16.4. The molecule has 34 heavy (non-hydrogen) atoms. The van der Waals surface area contributed by atoms with Crippen LogP contribution in [0.5, 0.6) is 11.5 Å². The van der Waals surface area contributed by atoms with Crippen molar-refractivity contribution in [2.24, 2.45) is 0 Å². The van der Waals surface area contributed by atoms with E-state index in [1.807, 2.05) is 61.5 Å². The number of hydrogen-bond donors (Lipinski definition) is 3. The lowest BCUT2D eigenvalue weighted by Gasteiger charge is -2.18. The quantitative estimate of drug-likeness (QED) is 0.217. The monoisotopic (exact) mass is 515 g/mol. The van der Waals surface area contributed by atoms with E-state index in [1.54, 1.807) is 12.1 Å². The number of carbonyl (C=O) groups is 1. The zero-order valence-corrected chi connectivity index (χ0v) is 21.4.